The van der Waals surface area contributed by atoms with E-state index in [2.05, 4.69) is 9.97 Å². The van der Waals surface area contributed by atoms with Gasteiger partial charge in [-0.25, -0.2) is 4.98 Å². The number of H-pyrrole nitrogens is 1. The van der Waals surface area contributed by atoms with E-state index in [1.54, 1.807) is 36.4 Å². The van der Waals surface area contributed by atoms with Crippen LogP contribution in [0.1, 0.15) is 29.6 Å². The second kappa shape index (κ2) is 7.31. The Hall–Kier alpha value is -2.93. The molecular weight excluding hydrogens is 322 g/mol. The fourth-order valence-corrected chi connectivity index (χ4v) is 2.70. The Kier molecular flexibility index (Phi) is 4.95. The van der Waals surface area contributed by atoms with Gasteiger partial charge in [-0.15, -0.1) is 0 Å². The van der Waals surface area contributed by atoms with Crippen LogP contribution < -0.4 is 5.56 Å². The van der Waals surface area contributed by atoms with E-state index < -0.39 is 17.5 Å². The Morgan fingerprint density at radius 2 is 2.12 bits per heavy atom. The predicted octanol–water partition coefficient (Wildman–Crippen LogP) is 1.93. The molecule has 0 saturated carbocycles. The summed E-state index contributed by atoms with van der Waals surface area (Å²) in [6.45, 7) is 1.80. The van der Waals surface area contributed by atoms with Crippen molar-refractivity contribution in [2.75, 3.05) is 6.61 Å². The van der Waals surface area contributed by atoms with Crippen LogP contribution in [0.3, 0.4) is 0 Å². The number of aliphatic hydroxyl groups excluding tert-OH is 1. The molecule has 7 heteroatoms. The zero-order chi connectivity index (χ0) is 17.8. The topological polar surface area (TPSA) is 99.4 Å². The molecule has 0 aliphatic rings. The van der Waals surface area contributed by atoms with E-state index in [4.69, 9.17) is 4.42 Å². The maximum atomic E-state index is 13.0. The second-order valence-corrected chi connectivity index (χ2v) is 5.69. The van der Waals surface area contributed by atoms with E-state index in [9.17, 15) is 14.7 Å². The van der Waals surface area contributed by atoms with Gasteiger partial charge in [0.1, 0.15) is 5.76 Å². The molecule has 1 atom stereocenters. The van der Waals surface area contributed by atoms with Crippen molar-refractivity contribution in [2.45, 2.75) is 25.9 Å². The molecule has 3 aromatic rings. The largest absolute Gasteiger partial charge is 0.467 e. The Morgan fingerprint density at radius 3 is 2.80 bits per heavy atom. The zero-order valence-electron chi connectivity index (χ0n) is 13.8. The smallest absolute Gasteiger partial charge is 0.280 e. The van der Waals surface area contributed by atoms with Gasteiger partial charge >= 0.3 is 0 Å². The van der Waals surface area contributed by atoms with Crippen LogP contribution in [0.5, 0.6) is 0 Å². The number of aromatic nitrogens is 2. The monoisotopic (exact) mass is 341 g/mol. The minimum absolute atomic E-state index is 0.152. The molecule has 0 spiro atoms. The van der Waals surface area contributed by atoms with Gasteiger partial charge in [-0.05, 0) is 30.7 Å². The highest BCUT2D eigenvalue weighted by Crippen LogP contribution is 2.15. The van der Waals surface area contributed by atoms with Crippen LogP contribution in [0.4, 0.5) is 0 Å². The SMILES string of the molecule is CC[C@@H](CO)N(Cc1ccco1)C(=O)c1nc2ccccc2[nH]c1=O. The molecule has 2 heterocycles. The summed E-state index contributed by atoms with van der Waals surface area (Å²) in [5.74, 6) is 0.0294. The van der Waals surface area contributed by atoms with Gasteiger partial charge in [0, 0.05) is 0 Å². The van der Waals surface area contributed by atoms with Crippen LogP contribution >= 0.6 is 0 Å². The fraction of sp³-hybridized carbons (Fsp3) is 0.278. The minimum Gasteiger partial charge on any atom is -0.467 e. The number of amides is 1. The van der Waals surface area contributed by atoms with Crippen molar-refractivity contribution >= 4 is 16.9 Å². The highest BCUT2D eigenvalue weighted by atomic mass is 16.3. The maximum absolute atomic E-state index is 13.0. The normalized spacial score (nSPS) is 12.2. The minimum atomic E-state index is -0.555. The molecule has 0 radical (unpaired) electrons. The number of hydrogen-bond donors (Lipinski definition) is 2. The van der Waals surface area contributed by atoms with Crippen LogP contribution in [0.25, 0.3) is 11.0 Å². The first-order valence-corrected chi connectivity index (χ1v) is 8.07. The Balaban J connectivity index is 2.01. The summed E-state index contributed by atoms with van der Waals surface area (Å²) in [6, 6.07) is 10.0. The van der Waals surface area contributed by atoms with Crippen molar-refractivity contribution in [2.24, 2.45) is 0 Å². The lowest BCUT2D eigenvalue weighted by Crippen LogP contribution is -2.44. The average molecular weight is 341 g/mol. The van der Waals surface area contributed by atoms with Gasteiger partial charge in [0.05, 0.1) is 36.5 Å². The predicted molar refractivity (Wildman–Crippen MR) is 92.1 cm³/mol. The van der Waals surface area contributed by atoms with Crippen LogP contribution in [-0.4, -0.2) is 38.5 Å². The Morgan fingerprint density at radius 1 is 1.32 bits per heavy atom. The highest BCUT2D eigenvalue weighted by Gasteiger charge is 2.27. The van der Waals surface area contributed by atoms with Gasteiger partial charge in [0.2, 0.25) is 0 Å². The second-order valence-electron chi connectivity index (χ2n) is 5.69. The first-order chi connectivity index (χ1) is 12.1. The number of hydrogen-bond acceptors (Lipinski definition) is 5. The molecular formula is C18H19N3O4. The van der Waals surface area contributed by atoms with Crippen molar-refractivity contribution in [3.05, 3.63) is 64.5 Å². The van der Waals surface area contributed by atoms with Crippen LogP contribution in [-0.2, 0) is 6.54 Å². The molecule has 0 bridgehead atoms. The van der Waals surface area contributed by atoms with Crippen molar-refractivity contribution in [1.29, 1.82) is 0 Å². The summed E-state index contributed by atoms with van der Waals surface area (Å²) < 4.78 is 5.31. The molecule has 7 nitrogen and oxygen atoms in total. The summed E-state index contributed by atoms with van der Waals surface area (Å²) in [5.41, 5.74) is 0.342. The van der Waals surface area contributed by atoms with E-state index >= 15 is 0 Å². The fourth-order valence-electron chi connectivity index (χ4n) is 2.70. The Labute approximate surface area is 143 Å². The summed E-state index contributed by atoms with van der Waals surface area (Å²) in [6.07, 6.45) is 2.05. The quantitative estimate of drug-likeness (QED) is 0.714. The van der Waals surface area contributed by atoms with Gasteiger partial charge in [-0.3, -0.25) is 9.59 Å². The third-order valence-corrected chi connectivity index (χ3v) is 4.09. The standard InChI is InChI=1S/C18H19N3O4/c1-2-12(11-22)21(10-13-6-5-9-25-13)18(24)16-17(23)20-15-8-4-3-7-14(15)19-16/h3-9,12,22H,2,10-11H2,1H3,(H,20,23)/t12-/m0/s1. The summed E-state index contributed by atoms with van der Waals surface area (Å²) in [5, 5.41) is 9.63. The lowest BCUT2D eigenvalue weighted by molar-refractivity contribution is 0.0537. The number of nitrogens with one attached hydrogen (secondary N) is 1. The van der Waals surface area contributed by atoms with Gasteiger partial charge < -0.3 is 19.4 Å². The molecule has 1 aromatic carbocycles. The molecule has 2 aromatic heterocycles. The summed E-state index contributed by atoms with van der Waals surface area (Å²) >= 11 is 0. The van der Waals surface area contributed by atoms with Gasteiger partial charge in [-0.1, -0.05) is 19.1 Å². The first kappa shape index (κ1) is 16.9. The van der Waals surface area contributed by atoms with Gasteiger partial charge in [0.25, 0.3) is 11.5 Å². The number of para-hydroxylation sites is 2. The van der Waals surface area contributed by atoms with Crippen molar-refractivity contribution in [3.63, 3.8) is 0 Å². The van der Waals surface area contributed by atoms with Gasteiger partial charge in [-0.2, -0.15) is 0 Å². The maximum Gasteiger partial charge on any atom is 0.280 e. The lowest BCUT2D eigenvalue weighted by Gasteiger charge is -2.28. The molecule has 2 N–H and O–H groups in total. The molecule has 0 aliphatic heterocycles. The molecule has 25 heavy (non-hydrogen) atoms. The lowest BCUT2D eigenvalue weighted by atomic mass is 10.1. The third kappa shape index (κ3) is 3.46. The number of carbonyl (C=O) groups excluding carboxylic acids is 1. The summed E-state index contributed by atoms with van der Waals surface area (Å²) in [4.78, 5) is 33.6. The van der Waals surface area contributed by atoms with E-state index in [-0.39, 0.29) is 18.8 Å². The van der Waals surface area contributed by atoms with Crippen molar-refractivity contribution < 1.29 is 14.3 Å². The van der Waals surface area contributed by atoms with Crippen LogP contribution in [0, 0.1) is 0 Å². The zero-order valence-corrected chi connectivity index (χ0v) is 13.8. The van der Waals surface area contributed by atoms with Crippen molar-refractivity contribution in [3.8, 4) is 0 Å². The average Bonchev–Trinajstić information content (AvgIpc) is 3.14. The van der Waals surface area contributed by atoms with E-state index in [0.29, 0.717) is 23.2 Å². The number of furan rings is 1. The Bertz CT molecular complexity index is 913. The third-order valence-electron chi connectivity index (χ3n) is 4.09. The number of benzene rings is 1. The number of nitrogens with zero attached hydrogens (tertiary/aromatic N) is 2. The molecule has 130 valence electrons. The van der Waals surface area contributed by atoms with Crippen molar-refractivity contribution in [1.82, 2.24) is 14.9 Å². The molecule has 0 saturated heterocycles. The molecule has 3 rings (SSSR count). The number of carbonyl (C=O) groups is 1. The van der Waals surface area contributed by atoms with E-state index in [1.807, 2.05) is 6.92 Å². The number of rotatable bonds is 6. The van der Waals surface area contributed by atoms with E-state index in [0.717, 1.165) is 0 Å². The molecule has 0 fully saturated rings. The summed E-state index contributed by atoms with van der Waals surface area (Å²) in [7, 11) is 0. The van der Waals surface area contributed by atoms with Crippen LogP contribution in [0.15, 0.2) is 51.9 Å². The number of aromatic amines is 1. The molecule has 0 unspecified atom stereocenters. The van der Waals surface area contributed by atoms with Crippen LogP contribution in [0.2, 0.25) is 0 Å². The highest BCUT2D eigenvalue weighted by molar-refractivity contribution is 5.93. The van der Waals surface area contributed by atoms with Gasteiger partial charge in [0.15, 0.2) is 5.69 Å². The number of fused-ring (bicyclic) bond motifs is 1. The molecule has 1 amide bonds. The number of aliphatic hydroxyl groups is 1. The van der Waals surface area contributed by atoms with E-state index in [1.165, 1.54) is 11.2 Å². The first-order valence-electron chi connectivity index (χ1n) is 8.07. The molecule has 0 aliphatic carbocycles.